The minimum absolute atomic E-state index is 0.292. The van der Waals surface area contributed by atoms with Crippen LogP contribution in [0.15, 0.2) is 18.2 Å². The molecule has 0 unspecified atom stereocenters. The maximum absolute atomic E-state index is 13.6. The molecule has 1 aromatic rings. The van der Waals surface area contributed by atoms with Gasteiger partial charge in [0.25, 0.3) is 0 Å². The summed E-state index contributed by atoms with van der Waals surface area (Å²) >= 11 is 3.44. The topological polar surface area (TPSA) is 12.5 Å². The van der Waals surface area contributed by atoms with Crippen molar-refractivity contribution in [2.24, 2.45) is 0 Å². The van der Waals surface area contributed by atoms with Crippen molar-refractivity contribution in [1.29, 1.82) is 0 Å². The summed E-state index contributed by atoms with van der Waals surface area (Å²) in [6, 6.07) is 5.62. The maximum atomic E-state index is 13.6. The van der Waals surface area contributed by atoms with Crippen LogP contribution in [-0.2, 0) is 6.54 Å². The van der Waals surface area contributed by atoms with Crippen LogP contribution < -0.4 is 4.74 Å². The van der Waals surface area contributed by atoms with Crippen molar-refractivity contribution in [3.8, 4) is 5.75 Å². The summed E-state index contributed by atoms with van der Waals surface area (Å²) in [7, 11) is 1.48. The summed E-state index contributed by atoms with van der Waals surface area (Å²) in [6.45, 7) is 6.10. The molecule has 0 heterocycles. The largest absolute Gasteiger partial charge is 0.494 e. The van der Waals surface area contributed by atoms with Crippen LogP contribution in [0.1, 0.15) is 25.8 Å². The Bertz CT molecular complexity index is 371. The van der Waals surface area contributed by atoms with E-state index in [9.17, 15) is 4.39 Å². The molecule has 1 aromatic carbocycles. The van der Waals surface area contributed by atoms with Crippen LogP contribution in [0.25, 0.3) is 0 Å². The summed E-state index contributed by atoms with van der Waals surface area (Å²) in [5.74, 6) is 0.00880. The number of alkyl halides is 1. The number of benzene rings is 1. The summed E-state index contributed by atoms with van der Waals surface area (Å²) in [5.41, 5.74) is 0.983. The number of hydrogen-bond acceptors (Lipinski definition) is 2. The Labute approximate surface area is 117 Å². The first-order chi connectivity index (χ1) is 8.58. The number of methoxy groups -OCH3 is 1. The zero-order chi connectivity index (χ0) is 13.5. The van der Waals surface area contributed by atoms with E-state index in [0.29, 0.717) is 11.8 Å². The SMILES string of the molecule is COc1ccc(CN(CCCBr)C(C)C)cc1F. The predicted octanol–water partition coefficient (Wildman–Crippen LogP) is 3.83. The van der Waals surface area contributed by atoms with E-state index >= 15 is 0 Å². The monoisotopic (exact) mass is 317 g/mol. The van der Waals surface area contributed by atoms with Gasteiger partial charge < -0.3 is 4.74 Å². The Morgan fingerprint density at radius 2 is 2.11 bits per heavy atom. The van der Waals surface area contributed by atoms with E-state index in [1.165, 1.54) is 7.11 Å². The fraction of sp³-hybridized carbons (Fsp3) is 0.571. The van der Waals surface area contributed by atoms with Crippen LogP contribution in [0.2, 0.25) is 0 Å². The zero-order valence-electron chi connectivity index (χ0n) is 11.2. The maximum Gasteiger partial charge on any atom is 0.165 e. The van der Waals surface area contributed by atoms with E-state index < -0.39 is 0 Å². The first-order valence-electron chi connectivity index (χ1n) is 6.21. The van der Waals surface area contributed by atoms with Gasteiger partial charge in [0.2, 0.25) is 0 Å². The second-order valence-corrected chi connectivity index (χ2v) is 5.37. The first-order valence-corrected chi connectivity index (χ1v) is 7.33. The van der Waals surface area contributed by atoms with Crippen LogP contribution >= 0.6 is 15.9 Å². The molecular weight excluding hydrogens is 297 g/mol. The molecule has 4 heteroatoms. The molecule has 2 nitrogen and oxygen atoms in total. The molecule has 0 bridgehead atoms. The highest BCUT2D eigenvalue weighted by atomic mass is 79.9. The van der Waals surface area contributed by atoms with E-state index in [1.54, 1.807) is 12.1 Å². The highest BCUT2D eigenvalue weighted by molar-refractivity contribution is 9.09. The summed E-state index contributed by atoms with van der Waals surface area (Å²) in [4.78, 5) is 2.34. The van der Waals surface area contributed by atoms with Gasteiger partial charge in [-0.2, -0.15) is 0 Å². The molecule has 0 fully saturated rings. The van der Waals surface area contributed by atoms with Crippen molar-refractivity contribution in [2.75, 3.05) is 19.0 Å². The van der Waals surface area contributed by atoms with Gasteiger partial charge in [-0.25, -0.2) is 4.39 Å². The molecule has 0 aliphatic heterocycles. The van der Waals surface area contributed by atoms with Crippen molar-refractivity contribution >= 4 is 15.9 Å². The minimum Gasteiger partial charge on any atom is -0.494 e. The Morgan fingerprint density at radius 3 is 2.61 bits per heavy atom. The van der Waals surface area contributed by atoms with E-state index in [0.717, 1.165) is 30.4 Å². The number of hydrogen-bond donors (Lipinski definition) is 0. The Morgan fingerprint density at radius 1 is 1.39 bits per heavy atom. The van der Waals surface area contributed by atoms with Crippen molar-refractivity contribution in [3.05, 3.63) is 29.6 Å². The standard InChI is InChI=1S/C14H21BrFNO/c1-11(2)17(8-4-7-15)10-12-5-6-14(18-3)13(16)9-12/h5-6,9,11H,4,7-8,10H2,1-3H3. The smallest absolute Gasteiger partial charge is 0.165 e. The summed E-state index contributed by atoms with van der Waals surface area (Å²) in [5, 5.41) is 0.993. The van der Waals surface area contributed by atoms with Gasteiger partial charge in [-0.05, 0) is 44.5 Å². The van der Waals surface area contributed by atoms with Crippen LogP contribution in [0.3, 0.4) is 0 Å². The van der Waals surface area contributed by atoms with Gasteiger partial charge in [-0.1, -0.05) is 22.0 Å². The van der Waals surface area contributed by atoms with Crippen molar-refractivity contribution in [2.45, 2.75) is 32.9 Å². The van der Waals surface area contributed by atoms with Gasteiger partial charge in [-0.3, -0.25) is 4.90 Å². The number of ether oxygens (including phenoxy) is 1. The predicted molar refractivity (Wildman–Crippen MR) is 76.9 cm³/mol. The quantitative estimate of drug-likeness (QED) is 0.709. The molecule has 0 aliphatic carbocycles. The first kappa shape index (κ1) is 15.4. The fourth-order valence-corrected chi connectivity index (χ4v) is 2.08. The second kappa shape index (κ2) is 7.74. The van der Waals surface area contributed by atoms with E-state index in [1.807, 2.05) is 6.07 Å². The van der Waals surface area contributed by atoms with E-state index in [2.05, 4.69) is 34.7 Å². The third-order valence-electron chi connectivity index (χ3n) is 2.91. The lowest BCUT2D eigenvalue weighted by atomic mass is 10.1. The normalized spacial score (nSPS) is 11.3. The van der Waals surface area contributed by atoms with Gasteiger partial charge >= 0.3 is 0 Å². The average molecular weight is 318 g/mol. The molecule has 0 amide bonds. The number of halogens is 2. The lowest BCUT2D eigenvalue weighted by Gasteiger charge is -2.26. The van der Waals surface area contributed by atoms with Crippen LogP contribution in [0, 0.1) is 5.82 Å². The Kier molecular flexibility index (Phi) is 6.65. The molecular formula is C14H21BrFNO. The molecule has 0 aromatic heterocycles. The molecule has 0 saturated heterocycles. The second-order valence-electron chi connectivity index (χ2n) is 4.58. The summed E-state index contributed by atoms with van der Waals surface area (Å²) in [6.07, 6.45) is 1.09. The molecule has 102 valence electrons. The van der Waals surface area contributed by atoms with E-state index in [4.69, 9.17) is 4.74 Å². The third kappa shape index (κ3) is 4.58. The number of nitrogens with zero attached hydrogens (tertiary/aromatic N) is 1. The van der Waals surface area contributed by atoms with Crippen molar-refractivity contribution in [3.63, 3.8) is 0 Å². The molecule has 0 atom stereocenters. The molecule has 0 saturated carbocycles. The van der Waals surface area contributed by atoms with Gasteiger partial charge in [0.15, 0.2) is 11.6 Å². The molecule has 0 radical (unpaired) electrons. The molecule has 0 N–H and O–H groups in total. The lowest BCUT2D eigenvalue weighted by molar-refractivity contribution is 0.213. The molecule has 18 heavy (non-hydrogen) atoms. The highest BCUT2D eigenvalue weighted by Crippen LogP contribution is 2.19. The van der Waals surface area contributed by atoms with E-state index in [-0.39, 0.29) is 5.82 Å². The fourth-order valence-electron chi connectivity index (χ4n) is 1.83. The molecule has 1 rings (SSSR count). The Hall–Kier alpha value is -0.610. The third-order valence-corrected chi connectivity index (χ3v) is 3.47. The van der Waals surface area contributed by atoms with Crippen LogP contribution in [-0.4, -0.2) is 29.9 Å². The van der Waals surface area contributed by atoms with Gasteiger partial charge in [0, 0.05) is 17.9 Å². The average Bonchev–Trinajstić information content (AvgIpc) is 2.34. The van der Waals surface area contributed by atoms with Crippen LogP contribution in [0.5, 0.6) is 5.75 Å². The van der Waals surface area contributed by atoms with Gasteiger partial charge in [0.05, 0.1) is 7.11 Å². The van der Waals surface area contributed by atoms with Gasteiger partial charge in [0.1, 0.15) is 0 Å². The van der Waals surface area contributed by atoms with Gasteiger partial charge in [-0.15, -0.1) is 0 Å². The lowest BCUT2D eigenvalue weighted by Crippen LogP contribution is -2.31. The molecule has 0 aliphatic rings. The Balaban J connectivity index is 2.71. The molecule has 0 spiro atoms. The number of rotatable bonds is 7. The van der Waals surface area contributed by atoms with Crippen LogP contribution in [0.4, 0.5) is 4.39 Å². The summed E-state index contributed by atoms with van der Waals surface area (Å²) < 4.78 is 18.5. The highest BCUT2D eigenvalue weighted by Gasteiger charge is 2.11. The minimum atomic E-state index is -0.292. The van der Waals surface area contributed by atoms with Crippen molar-refractivity contribution < 1.29 is 9.13 Å². The van der Waals surface area contributed by atoms with Crippen molar-refractivity contribution in [1.82, 2.24) is 4.90 Å². The zero-order valence-corrected chi connectivity index (χ0v) is 12.8.